The van der Waals surface area contributed by atoms with Crippen LogP contribution >= 0.6 is 0 Å². The summed E-state index contributed by atoms with van der Waals surface area (Å²) in [4.78, 5) is 25.3. The molecule has 1 aliphatic rings. The van der Waals surface area contributed by atoms with Gasteiger partial charge in [0.2, 0.25) is 5.91 Å². The van der Waals surface area contributed by atoms with Gasteiger partial charge in [-0.25, -0.2) is 0 Å². The Labute approximate surface area is 161 Å². The monoisotopic (exact) mass is 364 g/mol. The predicted octanol–water partition coefficient (Wildman–Crippen LogP) is 4.24. The zero-order chi connectivity index (χ0) is 19.1. The number of amides is 2. The standard InChI is InChI=1S/C23H28N2O2/c1-17-10-8-9-15-20(17)24-22(26)16-21(18-11-4-2-5-12-18)25-23(27)19-13-6-3-7-14-19/h2-7,11-14,17,20-21H,8-10,15-16H2,1H3,(H,24,26)(H,25,27)/t17-,20+,21-/m1/s1. The number of rotatable bonds is 6. The average molecular weight is 364 g/mol. The molecular formula is C23H28N2O2. The number of benzene rings is 2. The van der Waals surface area contributed by atoms with Gasteiger partial charge in [0.1, 0.15) is 0 Å². The maximum atomic E-state index is 12.7. The van der Waals surface area contributed by atoms with E-state index in [2.05, 4.69) is 17.6 Å². The van der Waals surface area contributed by atoms with Gasteiger partial charge in [-0.05, 0) is 36.5 Å². The minimum Gasteiger partial charge on any atom is -0.353 e. The lowest BCUT2D eigenvalue weighted by Gasteiger charge is -2.30. The summed E-state index contributed by atoms with van der Waals surface area (Å²) in [5, 5.41) is 6.22. The Bertz CT molecular complexity index is 745. The lowest BCUT2D eigenvalue weighted by Crippen LogP contribution is -2.42. The first-order valence-corrected chi connectivity index (χ1v) is 9.83. The molecule has 0 bridgehead atoms. The molecule has 1 fully saturated rings. The topological polar surface area (TPSA) is 58.2 Å². The Kier molecular flexibility index (Phi) is 6.64. The van der Waals surface area contributed by atoms with Gasteiger partial charge < -0.3 is 10.6 Å². The van der Waals surface area contributed by atoms with Crippen molar-refractivity contribution < 1.29 is 9.59 Å². The van der Waals surface area contributed by atoms with Crippen molar-refractivity contribution in [2.24, 2.45) is 5.92 Å². The zero-order valence-electron chi connectivity index (χ0n) is 15.9. The second-order valence-electron chi connectivity index (χ2n) is 7.44. The number of hydrogen-bond acceptors (Lipinski definition) is 2. The SMILES string of the molecule is C[C@@H]1CCCC[C@@H]1NC(=O)C[C@@H](NC(=O)c1ccccc1)c1ccccc1. The highest BCUT2D eigenvalue weighted by molar-refractivity contribution is 5.94. The van der Waals surface area contributed by atoms with Crippen molar-refractivity contribution in [1.82, 2.24) is 10.6 Å². The van der Waals surface area contributed by atoms with Crippen molar-refractivity contribution in [1.29, 1.82) is 0 Å². The van der Waals surface area contributed by atoms with E-state index >= 15 is 0 Å². The largest absolute Gasteiger partial charge is 0.353 e. The molecule has 0 radical (unpaired) electrons. The quantitative estimate of drug-likeness (QED) is 0.805. The smallest absolute Gasteiger partial charge is 0.251 e. The van der Waals surface area contributed by atoms with E-state index in [0.717, 1.165) is 18.4 Å². The van der Waals surface area contributed by atoms with Crippen molar-refractivity contribution in [2.75, 3.05) is 0 Å². The number of hydrogen-bond donors (Lipinski definition) is 2. The minimum atomic E-state index is -0.349. The number of carbonyl (C=O) groups excluding carboxylic acids is 2. The number of nitrogens with one attached hydrogen (secondary N) is 2. The van der Waals surface area contributed by atoms with E-state index in [1.165, 1.54) is 12.8 Å². The second-order valence-corrected chi connectivity index (χ2v) is 7.44. The van der Waals surface area contributed by atoms with E-state index in [0.29, 0.717) is 11.5 Å². The second kappa shape index (κ2) is 9.36. The fourth-order valence-corrected chi connectivity index (χ4v) is 3.75. The molecule has 0 aromatic heterocycles. The molecule has 3 atom stereocenters. The van der Waals surface area contributed by atoms with E-state index in [9.17, 15) is 9.59 Å². The third-order valence-corrected chi connectivity index (χ3v) is 5.39. The minimum absolute atomic E-state index is 0.00374. The van der Waals surface area contributed by atoms with Gasteiger partial charge in [-0.3, -0.25) is 9.59 Å². The van der Waals surface area contributed by atoms with Gasteiger partial charge in [-0.2, -0.15) is 0 Å². The molecule has 1 aliphatic carbocycles. The summed E-state index contributed by atoms with van der Waals surface area (Å²) in [7, 11) is 0. The molecule has 2 aromatic rings. The van der Waals surface area contributed by atoms with Crippen LogP contribution in [0.1, 0.15) is 61.0 Å². The summed E-state index contributed by atoms with van der Waals surface area (Å²) in [6.07, 6.45) is 4.86. The van der Waals surface area contributed by atoms with Crippen LogP contribution in [-0.2, 0) is 4.79 Å². The van der Waals surface area contributed by atoms with Crippen LogP contribution in [0.25, 0.3) is 0 Å². The van der Waals surface area contributed by atoms with Crippen molar-refractivity contribution in [3.05, 3.63) is 71.8 Å². The molecule has 142 valence electrons. The molecule has 2 aromatic carbocycles. The molecule has 1 saturated carbocycles. The van der Waals surface area contributed by atoms with Crippen LogP contribution in [0, 0.1) is 5.92 Å². The Morgan fingerprint density at radius 2 is 1.59 bits per heavy atom. The van der Waals surface area contributed by atoms with Gasteiger partial charge in [0.25, 0.3) is 5.91 Å². The van der Waals surface area contributed by atoms with Crippen molar-refractivity contribution >= 4 is 11.8 Å². The van der Waals surface area contributed by atoms with Gasteiger partial charge in [0.15, 0.2) is 0 Å². The van der Waals surface area contributed by atoms with Crippen molar-refractivity contribution in [3.8, 4) is 0 Å². The van der Waals surface area contributed by atoms with Crippen LogP contribution in [0.5, 0.6) is 0 Å². The van der Waals surface area contributed by atoms with Gasteiger partial charge in [-0.15, -0.1) is 0 Å². The fourth-order valence-electron chi connectivity index (χ4n) is 3.75. The summed E-state index contributed by atoms with van der Waals surface area (Å²) in [5.41, 5.74) is 1.54. The van der Waals surface area contributed by atoms with Gasteiger partial charge in [-0.1, -0.05) is 68.3 Å². The first kappa shape index (κ1) is 19.2. The van der Waals surface area contributed by atoms with Crippen LogP contribution in [0.3, 0.4) is 0 Å². The Balaban J connectivity index is 1.68. The van der Waals surface area contributed by atoms with Gasteiger partial charge >= 0.3 is 0 Å². The normalized spacial score (nSPS) is 20.5. The first-order chi connectivity index (χ1) is 13.1. The van der Waals surface area contributed by atoms with E-state index in [1.807, 2.05) is 48.5 Å². The van der Waals surface area contributed by atoms with Gasteiger partial charge in [0.05, 0.1) is 12.5 Å². The highest BCUT2D eigenvalue weighted by atomic mass is 16.2. The van der Waals surface area contributed by atoms with Crippen LogP contribution < -0.4 is 10.6 Å². The highest BCUT2D eigenvalue weighted by Gasteiger charge is 2.25. The van der Waals surface area contributed by atoms with Crippen LogP contribution in [0.15, 0.2) is 60.7 Å². The fraction of sp³-hybridized carbons (Fsp3) is 0.391. The third-order valence-electron chi connectivity index (χ3n) is 5.39. The van der Waals surface area contributed by atoms with E-state index in [-0.39, 0.29) is 30.3 Å². The van der Waals surface area contributed by atoms with Crippen molar-refractivity contribution in [2.45, 2.75) is 51.1 Å². The summed E-state index contributed by atoms with van der Waals surface area (Å²) < 4.78 is 0. The third kappa shape index (κ3) is 5.43. The molecule has 2 N–H and O–H groups in total. The molecule has 0 spiro atoms. The Morgan fingerprint density at radius 3 is 2.26 bits per heavy atom. The average Bonchev–Trinajstić information content (AvgIpc) is 2.70. The molecule has 27 heavy (non-hydrogen) atoms. The molecule has 0 heterocycles. The highest BCUT2D eigenvalue weighted by Crippen LogP contribution is 2.24. The van der Waals surface area contributed by atoms with Crippen LogP contribution in [0.2, 0.25) is 0 Å². The van der Waals surface area contributed by atoms with Gasteiger partial charge in [0, 0.05) is 11.6 Å². The summed E-state index contributed by atoms with van der Waals surface area (Å²) in [5.74, 6) is 0.344. The predicted molar refractivity (Wildman–Crippen MR) is 107 cm³/mol. The molecule has 3 rings (SSSR count). The molecule has 0 saturated heterocycles. The van der Waals surface area contributed by atoms with Crippen LogP contribution in [0.4, 0.5) is 0 Å². The molecule has 2 amide bonds. The Hall–Kier alpha value is -2.62. The molecule has 0 aliphatic heterocycles. The molecule has 4 nitrogen and oxygen atoms in total. The Morgan fingerprint density at radius 1 is 0.963 bits per heavy atom. The van der Waals surface area contributed by atoms with Crippen LogP contribution in [-0.4, -0.2) is 17.9 Å². The lowest BCUT2D eigenvalue weighted by atomic mass is 9.86. The molecular weight excluding hydrogens is 336 g/mol. The summed E-state index contributed by atoms with van der Waals surface area (Å²) in [6, 6.07) is 18.7. The summed E-state index contributed by atoms with van der Waals surface area (Å²) in [6.45, 7) is 2.20. The van der Waals surface area contributed by atoms with E-state index < -0.39 is 0 Å². The van der Waals surface area contributed by atoms with E-state index in [1.54, 1.807) is 12.1 Å². The number of carbonyl (C=O) groups is 2. The maximum absolute atomic E-state index is 12.7. The maximum Gasteiger partial charge on any atom is 0.251 e. The zero-order valence-corrected chi connectivity index (χ0v) is 15.9. The van der Waals surface area contributed by atoms with Crippen molar-refractivity contribution in [3.63, 3.8) is 0 Å². The lowest BCUT2D eigenvalue weighted by molar-refractivity contribution is -0.122. The van der Waals surface area contributed by atoms with E-state index in [4.69, 9.17) is 0 Å². The molecule has 4 heteroatoms. The first-order valence-electron chi connectivity index (χ1n) is 9.83. The molecule has 0 unspecified atom stereocenters. The summed E-state index contributed by atoms with van der Waals surface area (Å²) >= 11 is 0.